The van der Waals surface area contributed by atoms with Crippen LogP contribution in [-0.2, 0) is 11.2 Å². The van der Waals surface area contributed by atoms with E-state index in [1.807, 2.05) is 0 Å². The van der Waals surface area contributed by atoms with E-state index in [1.54, 1.807) is 0 Å². The van der Waals surface area contributed by atoms with Crippen molar-refractivity contribution in [1.82, 2.24) is 0 Å². The fourth-order valence-electron chi connectivity index (χ4n) is 4.02. The lowest BCUT2D eigenvalue weighted by Crippen LogP contribution is -2.15. The van der Waals surface area contributed by atoms with Crippen molar-refractivity contribution in [3.05, 3.63) is 35.9 Å². The van der Waals surface area contributed by atoms with Crippen LogP contribution in [0, 0.1) is 5.92 Å². The van der Waals surface area contributed by atoms with E-state index in [1.165, 1.54) is 102 Å². The predicted octanol–water partition coefficient (Wildman–Crippen LogP) is 9.47. The van der Waals surface area contributed by atoms with Gasteiger partial charge in [-0.25, -0.2) is 0 Å². The first-order valence-electron chi connectivity index (χ1n) is 12.9. The SMILES string of the molecule is CCCCCCCCCCCCCCCCCCOC(=S)C(C)Cc1ccccc1. The van der Waals surface area contributed by atoms with Gasteiger partial charge in [0.05, 0.1) is 6.61 Å². The summed E-state index contributed by atoms with van der Waals surface area (Å²) < 4.78 is 5.83. The third-order valence-corrected chi connectivity index (χ3v) is 6.55. The maximum Gasteiger partial charge on any atom is 0.162 e. The van der Waals surface area contributed by atoms with Gasteiger partial charge in [-0.15, -0.1) is 0 Å². The van der Waals surface area contributed by atoms with Gasteiger partial charge in [0.15, 0.2) is 5.05 Å². The molecule has 0 bridgehead atoms. The smallest absolute Gasteiger partial charge is 0.162 e. The van der Waals surface area contributed by atoms with Crippen molar-refractivity contribution in [1.29, 1.82) is 0 Å². The van der Waals surface area contributed by atoms with Gasteiger partial charge in [0.2, 0.25) is 0 Å². The van der Waals surface area contributed by atoms with Gasteiger partial charge in [0, 0.05) is 5.92 Å². The standard InChI is InChI=1S/C28H48OS/c1-3-4-5-6-7-8-9-10-11-12-13-14-15-16-17-21-24-29-28(30)26(2)25-27-22-19-18-20-23-27/h18-20,22-23,26H,3-17,21,24-25H2,1-2H3. The number of benzene rings is 1. The van der Waals surface area contributed by atoms with Crippen LogP contribution in [0.15, 0.2) is 30.3 Å². The average Bonchev–Trinajstić information content (AvgIpc) is 2.76. The number of ether oxygens (including phenoxy) is 1. The van der Waals surface area contributed by atoms with Crippen LogP contribution in [0.25, 0.3) is 0 Å². The molecule has 1 aromatic carbocycles. The fraction of sp³-hybridized carbons (Fsp3) is 0.750. The molecule has 1 nitrogen and oxygen atoms in total. The van der Waals surface area contributed by atoms with Gasteiger partial charge < -0.3 is 4.74 Å². The third-order valence-electron chi connectivity index (χ3n) is 6.03. The molecule has 1 atom stereocenters. The molecular formula is C28H48OS. The lowest BCUT2D eigenvalue weighted by Gasteiger charge is -2.14. The minimum atomic E-state index is 0.309. The van der Waals surface area contributed by atoms with Gasteiger partial charge in [0.25, 0.3) is 0 Å². The van der Waals surface area contributed by atoms with Crippen molar-refractivity contribution < 1.29 is 4.74 Å². The molecule has 172 valence electrons. The summed E-state index contributed by atoms with van der Waals surface area (Å²) in [6.07, 6.45) is 23.3. The Hall–Kier alpha value is -0.890. The lowest BCUT2D eigenvalue weighted by atomic mass is 10.0. The molecule has 1 rings (SSSR count). The van der Waals surface area contributed by atoms with Crippen molar-refractivity contribution >= 4 is 17.3 Å². The van der Waals surface area contributed by atoms with Crippen molar-refractivity contribution in [3.63, 3.8) is 0 Å². The van der Waals surface area contributed by atoms with Gasteiger partial charge in [-0.3, -0.25) is 0 Å². The number of unbranched alkanes of at least 4 members (excludes halogenated alkanes) is 15. The zero-order chi connectivity index (χ0) is 21.7. The minimum Gasteiger partial charge on any atom is -0.487 e. The number of rotatable bonds is 20. The second-order valence-corrected chi connectivity index (χ2v) is 9.46. The highest BCUT2D eigenvalue weighted by molar-refractivity contribution is 7.80. The second kappa shape index (κ2) is 20.0. The van der Waals surface area contributed by atoms with Crippen LogP contribution in [0.5, 0.6) is 0 Å². The first kappa shape index (κ1) is 27.1. The average molecular weight is 433 g/mol. The van der Waals surface area contributed by atoms with Gasteiger partial charge >= 0.3 is 0 Å². The van der Waals surface area contributed by atoms with Gasteiger partial charge in [-0.1, -0.05) is 140 Å². The molecule has 0 amide bonds. The highest BCUT2D eigenvalue weighted by atomic mass is 32.1. The Labute approximate surface area is 193 Å². The Bertz CT molecular complexity index is 499. The van der Waals surface area contributed by atoms with Crippen LogP contribution in [0.1, 0.15) is 122 Å². The highest BCUT2D eigenvalue weighted by Crippen LogP contribution is 2.14. The van der Waals surface area contributed by atoms with Gasteiger partial charge in [-0.2, -0.15) is 0 Å². The monoisotopic (exact) mass is 432 g/mol. The molecule has 0 heterocycles. The van der Waals surface area contributed by atoms with Crippen molar-refractivity contribution in [2.75, 3.05) is 6.61 Å². The maximum atomic E-state index is 5.83. The Kier molecular flexibility index (Phi) is 18.1. The summed E-state index contributed by atoms with van der Waals surface area (Å²) in [7, 11) is 0. The highest BCUT2D eigenvalue weighted by Gasteiger charge is 2.10. The predicted molar refractivity (Wildman–Crippen MR) is 137 cm³/mol. The lowest BCUT2D eigenvalue weighted by molar-refractivity contribution is 0.281. The Morgan fingerprint density at radius 1 is 0.700 bits per heavy atom. The normalized spacial score (nSPS) is 12.1. The Morgan fingerprint density at radius 3 is 1.60 bits per heavy atom. The molecule has 0 saturated heterocycles. The first-order chi connectivity index (χ1) is 14.7. The Balaban J connectivity index is 1.80. The topological polar surface area (TPSA) is 9.23 Å². The molecule has 2 heteroatoms. The molecule has 1 aromatic rings. The summed E-state index contributed by atoms with van der Waals surface area (Å²) in [6, 6.07) is 10.6. The van der Waals surface area contributed by atoms with Crippen molar-refractivity contribution in [2.45, 2.75) is 123 Å². The van der Waals surface area contributed by atoms with Gasteiger partial charge in [-0.05, 0) is 30.6 Å². The number of hydrogen-bond acceptors (Lipinski definition) is 2. The minimum absolute atomic E-state index is 0.309. The summed E-state index contributed by atoms with van der Waals surface area (Å²) in [5.41, 5.74) is 1.33. The number of hydrogen-bond donors (Lipinski definition) is 0. The van der Waals surface area contributed by atoms with Crippen molar-refractivity contribution in [3.8, 4) is 0 Å². The van der Waals surface area contributed by atoms with Gasteiger partial charge in [0.1, 0.15) is 0 Å². The largest absolute Gasteiger partial charge is 0.487 e. The van der Waals surface area contributed by atoms with E-state index >= 15 is 0 Å². The van der Waals surface area contributed by atoms with E-state index in [0.717, 1.165) is 24.5 Å². The van der Waals surface area contributed by atoms with E-state index < -0.39 is 0 Å². The molecule has 0 spiro atoms. The summed E-state index contributed by atoms with van der Waals surface area (Å²) in [5.74, 6) is 0.309. The van der Waals surface area contributed by atoms with Crippen LogP contribution in [-0.4, -0.2) is 11.7 Å². The van der Waals surface area contributed by atoms with Crippen LogP contribution >= 0.6 is 12.2 Å². The van der Waals surface area contributed by atoms with E-state index in [4.69, 9.17) is 17.0 Å². The molecule has 30 heavy (non-hydrogen) atoms. The van der Waals surface area contributed by atoms with E-state index in [-0.39, 0.29) is 0 Å². The zero-order valence-electron chi connectivity index (χ0n) is 20.0. The summed E-state index contributed by atoms with van der Waals surface area (Å²) in [6.45, 7) is 5.25. The van der Waals surface area contributed by atoms with E-state index in [0.29, 0.717) is 5.92 Å². The number of thiocarbonyl (C=S) groups is 1. The van der Waals surface area contributed by atoms with E-state index in [9.17, 15) is 0 Å². The molecule has 0 fully saturated rings. The van der Waals surface area contributed by atoms with Crippen molar-refractivity contribution in [2.24, 2.45) is 5.92 Å². The van der Waals surface area contributed by atoms with E-state index in [2.05, 4.69) is 44.2 Å². The quantitative estimate of drug-likeness (QED) is 0.150. The van der Waals surface area contributed by atoms with Crippen LogP contribution < -0.4 is 0 Å². The molecule has 0 aliphatic carbocycles. The maximum absolute atomic E-state index is 5.83. The molecule has 0 N–H and O–H groups in total. The molecule has 0 aromatic heterocycles. The van der Waals surface area contributed by atoms with Crippen LogP contribution in [0.2, 0.25) is 0 Å². The third kappa shape index (κ3) is 15.9. The fourth-order valence-corrected chi connectivity index (χ4v) is 4.18. The molecular weight excluding hydrogens is 384 g/mol. The second-order valence-electron chi connectivity index (χ2n) is 9.06. The summed E-state index contributed by atoms with van der Waals surface area (Å²) >= 11 is 5.46. The first-order valence-corrected chi connectivity index (χ1v) is 13.4. The van der Waals surface area contributed by atoms with Crippen LogP contribution in [0.4, 0.5) is 0 Å². The van der Waals surface area contributed by atoms with Crippen LogP contribution in [0.3, 0.4) is 0 Å². The molecule has 0 saturated carbocycles. The molecule has 0 aliphatic heterocycles. The molecule has 0 radical (unpaired) electrons. The Morgan fingerprint density at radius 2 is 1.13 bits per heavy atom. The molecule has 0 aliphatic rings. The molecule has 1 unspecified atom stereocenters. The zero-order valence-corrected chi connectivity index (χ0v) is 20.8. The summed E-state index contributed by atoms with van der Waals surface area (Å²) in [4.78, 5) is 0. The summed E-state index contributed by atoms with van der Waals surface area (Å²) in [5, 5.41) is 0.778.